The van der Waals surface area contributed by atoms with E-state index >= 15 is 0 Å². The first-order valence-electron chi connectivity index (χ1n) is 11.6. The van der Waals surface area contributed by atoms with Crippen LogP contribution in [-0.2, 0) is 11.8 Å². The second kappa shape index (κ2) is 11.4. The molecule has 0 spiro atoms. The van der Waals surface area contributed by atoms with Crippen molar-refractivity contribution in [2.75, 3.05) is 11.9 Å². The van der Waals surface area contributed by atoms with Gasteiger partial charge in [-0.1, -0.05) is 14.0 Å². The highest BCUT2D eigenvalue weighted by Gasteiger charge is 2.20. The van der Waals surface area contributed by atoms with E-state index in [1.807, 2.05) is 6.92 Å². The molecule has 0 fully saturated rings. The largest absolute Gasteiger partial charge is 0.456 e. The summed E-state index contributed by atoms with van der Waals surface area (Å²) in [4.78, 5) is 37.9. The second-order valence-corrected chi connectivity index (χ2v) is 9.60. The monoisotopic (exact) mass is 535 g/mol. The number of aryl methyl sites for hydroxylation is 3. The standard InChI is InChI=1S/C28H26FN3O4S.CH4/c1-6-24(33)31-18-8-9-22(36-25-15(3)10-17(29)11-16(25)4)19(12-18)21-14-32(5)28(35)26-20(21)13-23(37-26)27(34)30-7-2;/h6,8-14H,1,7H2,2-5H3,(H,30,34)(H,31,33);1H4. The van der Waals surface area contributed by atoms with Crippen molar-refractivity contribution in [2.45, 2.75) is 28.2 Å². The molecule has 0 unspecified atom stereocenters. The van der Waals surface area contributed by atoms with Crippen LogP contribution >= 0.6 is 11.3 Å². The Morgan fingerprint density at radius 1 is 1.13 bits per heavy atom. The minimum Gasteiger partial charge on any atom is -0.456 e. The van der Waals surface area contributed by atoms with Crippen molar-refractivity contribution in [2.24, 2.45) is 7.05 Å². The molecule has 2 aromatic carbocycles. The molecule has 2 heterocycles. The topological polar surface area (TPSA) is 89.4 Å². The molecule has 0 saturated carbocycles. The van der Waals surface area contributed by atoms with Crippen LogP contribution in [0.1, 0.15) is 35.1 Å². The number of anilines is 1. The van der Waals surface area contributed by atoms with Gasteiger partial charge in [-0.15, -0.1) is 11.3 Å². The molecule has 9 heteroatoms. The number of halogens is 1. The van der Waals surface area contributed by atoms with Crippen LogP contribution in [0, 0.1) is 19.7 Å². The van der Waals surface area contributed by atoms with Gasteiger partial charge in [-0.05, 0) is 74.4 Å². The van der Waals surface area contributed by atoms with Crippen molar-refractivity contribution >= 4 is 38.9 Å². The summed E-state index contributed by atoms with van der Waals surface area (Å²) in [6.45, 7) is 9.28. The van der Waals surface area contributed by atoms with E-state index in [0.29, 0.717) is 60.9 Å². The summed E-state index contributed by atoms with van der Waals surface area (Å²) in [5.74, 6) is -0.0803. The summed E-state index contributed by atoms with van der Waals surface area (Å²) < 4.78 is 22.1. The summed E-state index contributed by atoms with van der Waals surface area (Å²) in [5.41, 5.74) is 2.69. The minimum absolute atomic E-state index is 0. The van der Waals surface area contributed by atoms with Gasteiger partial charge in [0.25, 0.3) is 11.5 Å². The number of benzene rings is 2. The Labute approximate surface area is 224 Å². The van der Waals surface area contributed by atoms with Gasteiger partial charge in [0.2, 0.25) is 5.91 Å². The number of rotatable bonds is 7. The molecular formula is C29H30FN3O4S. The molecule has 4 rings (SSSR count). The van der Waals surface area contributed by atoms with Gasteiger partial charge in [0.1, 0.15) is 22.0 Å². The quantitative estimate of drug-likeness (QED) is 0.271. The molecular weight excluding hydrogens is 505 g/mol. The van der Waals surface area contributed by atoms with Crippen LogP contribution in [0.2, 0.25) is 0 Å². The Bertz CT molecular complexity index is 1600. The van der Waals surface area contributed by atoms with E-state index < -0.39 is 0 Å². The fourth-order valence-electron chi connectivity index (χ4n) is 4.08. The normalized spacial score (nSPS) is 10.6. The number of carbonyl (C=O) groups excluding carboxylic acids is 2. The fourth-order valence-corrected chi connectivity index (χ4v) is 5.15. The average Bonchev–Trinajstić information content (AvgIpc) is 3.30. The fraction of sp³-hybridized carbons (Fsp3) is 0.207. The van der Waals surface area contributed by atoms with Crippen LogP contribution in [0.25, 0.3) is 21.2 Å². The van der Waals surface area contributed by atoms with E-state index in [0.717, 1.165) is 17.4 Å². The lowest BCUT2D eigenvalue weighted by molar-refractivity contribution is -0.111. The third-order valence-electron chi connectivity index (χ3n) is 5.78. The zero-order chi connectivity index (χ0) is 26.9. The zero-order valence-electron chi connectivity index (χ0n) is 20.9. The number of carbonyl (C=O) groups is 2. The minimum atomic E-state index is -0.385. The number of hydrogen-bond acceptors (Lipinski definition) is 5. The first-order valence-corrected chi connectivity index (χ1v) is 12.4. The number of nitrogens with one attached hydrogen (secondary N) is 2. The Balaban J connectivity index is 0.00000400. The summed E-state index contributed by atoms with van der Waals surface area (Å²) in [6.07, 6.45) is 2.84. The first-order chi connectivity index (χ1) is 17.6. The van der Waals surface area contributed by atoms with E-state index in [2.05, 4.69) is 17.2 Å². The van der Waals surface area contributed by atoms with Crippen molar-refractivity contribution < 1.29 is 18.7 Å². The predicted molar refractivity (Wildman–Crippen MR) is 152 cm³/mol. The van der Waals surface area contributed by atoms with Crippen LogP contribution < -0.4 is 20.9 Å². The molecule has 0 bridgehead atoms. The number of nitrogens with zero attached hydrogens (tertiary/aromatic N) is 1. The molecule has 2 N–H and O–H groups in total. The number of aromatic nitrogens is 1. The lowest BCUT2D eigenvalue weighted by Crippen LogP contribution is -2.21. The maximum absolute atomic E-state index is 13.9. The SMILES string of the molecule is C.C=CC(=O)Nc1ccc(Oc2c(C)cc(F)cc2C)c(-c2cn(C)c(=O)c3sc(C(=O)NCC)cc23)c1. The van der Waals surface area contributed by atoms with Crippen molar-refractivity contribution in [1.82, 2.24) is 9.88 Å². The Kier molecular flexibility index (Phi) is 8.53. The summed E-state index contributed by atoms with van der Waals surface area (Å²) in [5, 5.41) is 6.09. The first kappa shape index (κ1) is 28.3. The zero-order valence-corrected chi connectivity index (χ0v) is 21.7. The Morgan fingerprint density at radius 2 is 1.82 bits per heavy atom. The van der Waals surface area contributed by atoms with Gasteiger partial charge in [0.05, 0.1) is 4.88 Å². The average molecular weight is 536 g/mol. The van der Waals surface area contributed by atoms with Crippen LogP contribution in [0.3, 0.4) is 0 Å². The molecule has 0 aliphatic heterocycles. The number of ether oxygens (including phenoxy) is 1. The van der Waals surface area contributed by atoms with Gasteiger partial charge >= 0.3 is 0 Å². The molecule has 2 aromatic heterocycles. The molecule has 0 aliphatic carbocycles. The molecule has 198 valence electrons. The number of amides is 2. The lowest BCUT2D eigenvalue weighted by Gasteiger charge is -2.17. The Morgan fingerprint density at radius 3 is 2.45 bits per heavy atom. The highest BCUT2D eigenvalue weighted by molar-refractivity contribution is 7.20. The molecule has 4 aromatic rings. The second-order valence-electron chi connectivity index (χ2n) is 8.55. The molecule has 0 aliphatic rings. The van der Waals surface area contributed by atoms with E-state index in [9.17, 15) is 18.8 Å². The number of hydrogen-bond donors (Lipinski definition) is 2. The molecule has 7 nitrogen and oxygen atoms in total. The van der Waals surface area contributed by atoms with Crippen LogP contribution in [0.4, 0.5) is 10.1 Å². The number of fused-ring (bicyclic) bond motifs is 1. The smallest absolute Gasteiger partial charge is 0.268 e. The van der Waals surface area contributed by atoms with E-state index in [4.69, 9.17) is 4.74 Å². The van der Waals surface area contributed by atoms with Gasteiger partial charge in [0.15, 0.2) is 0 Å². The van der Waals surface area contributed by atoms with Crippen molar-refractivity contribution in [1.29, 1.82) is 0 Å². The highest BCUT2D eigenvalue weighted by Crippen LogP contribution is 2.41. The van der Waals surface area contributed by atoms with Gasteiger partial charge in [0, 0.05) is 42.0 Å². The van der Waals surface area contributed by atoms with E-state index in [1.54, 1.807) is 51.4 Å². The molecule has 2 amide bonds. The van der Waals surface area contributed by atoms with Crippen LogP contribution in [0.15, 0.2) is 60.0 Å². The predicted octanol–water partition coefficient (Wildman–Crippen LogP) is 6.33. The molecule has 0 atom stereocenters. The molecule has 0 saturated heterocycles. The van der Waals surface area contributed by atoms with Crippen molar-refractivity contribution in [3.05, 3.63) is 87.4 Å². The number of thiophene rings is 1. The van der Waals surface area contributed by atoms with Crippen LogP contribution in [0.5, 0.6) is 11.5 Å². The van der Waals surface area contributed by atoms with Gasteiger partial charge < -0.3 is 19.9 Å². The highest BCUT2D eigenvalue weighted by atomic mass is 32.1. The number of pyridine rings is 1. The summed E-state index contributed by atoms with van der Waals surface area (Å²) in [7, 11) is 1.63. The third kappa shape index (κ3) is 5.52. The van der Waals surface area contributed by atoms with E-state index in [-0.39, 0.29) is 30.6 Å². The van der Waals surface area contributed by atoms with Crippen molar-refractivity contribution in [3.8, 4) is 22.6 Å². The Hall–Kier alpha value is -4.24. The summed E-state index contributed by atoms with van der Waals surface area (Å²) in [6, 6.07) is 9.58. The lowest BCUT2D eigenvalue weighted by atomic mass is 10.0. The van der Waals surface area contributed by atoms with E-state index in [1.165, 1.54) is 16.7 Å². The molecule has 38 heavy (non-hydrogen) atoms. The summed E-state index contributed by atoms with van der Waals surface area (Å²) >= 11 is 1.12. The van der Waals surface area contributed by atoms with Crippen molar-refractivity contribution in [3.63, 3.8) is 0 Å². The van der Waals surface area contributed by atoms with Gasteiger partial charge in [-0.2, -0.15) is 0 Å². The van der Waals surface area contributed by atoms with Gasteiger partial charge in [-0.3, -0.25) is 14.4 Å². The molecule has 0 radical (unpaired) electrons. The third-order valence-corrected chi connectivity index (χ3v) is 6.90. The van der Waals surface area contributed by atoms with Gasteiger partial charge in [-0.25, -0.2) is 4.39 Å². The maximum Gasteiger partial charge on any atom is 0.268 e. The van der Waals surface area contributed by atoms with Crippen LogP contribution in [-0.4, -0.2) is 22.9 Å². The maximum atomic E-state index is 13.9.